The molecule has 34 heavy (non-hydrogen) atoms. The number of ether oxygens (including phenoxy) is 1. The first kappa shape index (κ1) is 22.7. The molecule has 1 atom stereocenters. The van der Waals surface area contributed by atoms with Crippen molar-refractivity contribution in [2.45, 2.75) is 13.0 Å². The number of nitrogens with zero attached hydrogens (tertiary/aromatic N) is 4. The first-order valence-electron chi connectivity index (χ1n) is 9.81. The maximum absolute atomic E-state index is 13.5. The minimum Gasteiger partial charge on any atom is -0.466 e. The normalized spacial score (nSPS) is 15.5. The molecule has 0 radical (unpaired) electrons. The van der Waals surface area contributed by atoms with E-state index in [1.54, 1.807) is 19.1 Å². The van der Waals surface area contributed by atoms with Crippen LogP contribution in [0.1, 0.15) is 24.1 Å². The van der Waals surface area contributed by atoms with Crippen molar-refractivity contribution < 1.29 is 19.4 Å². The number of carbonyl (C=O) groups excluding carboxylic acids is 1. The van der Waals surface area contributed by atoms with Gasteiger partial charge in [0.15, 0.2) is 4.80 Å². The second kappa shape index (κ2) is 8.83. The largest absolute Gasteiger partial charge is 0.466 e. The van der Waals surface area contributed by atoms with Gasteiger partial charge in [-0.3, -0.25) is 29.6 Å². The molecule has 4 rings (SSSR count). The average Bonchev–Trinajstić information content (AvgIpc) is 3.12. The quantitative estimate of drug-likeness (QED) is 0.309. The number of allylic oxidation sites excluding steroid dienone is 1. The Kier molecular flexibility index (Phi) is 5.90. The Balaban J connectivity index is 2.01. The molecule has 1 aliphatic rings. The summed E-state index contributed by atoms with van der Waals surface area (Å²) in [6, 6.07) is 10.4. The van der Waals surface area contributed by atoms with Crippen molar-refractivity contribution in [2.75, 3.05) is 7.11 Å². The number of non-ortho nitro benzene ring substituents is 1. The number of esters is 1. The third-order valence-electron chi connectivity index (χ3n) is 5.23. The number of rotatable bonds is 5. The monoisotopic (exact) mass is 480 g/mol. The Morgan fingerprint density at radius 1 is 1.15 bits per heavy atom. The van der Waals surface area contributed by atoms with E-state index >= 15 is 0 Å². The Bertz CT molecular complexity index is 1570. The van der Waals surface area contributed by atoms with E-state index in [1.807, 2.05) is 0 Å². The zero-order valence-corrected chi connectivity index (χ0v) is 18.6. The number of nitro groups is 2. The Morgan fingerprint density at radius 3 is 2.56 bits per heavy atom. The SMILES string of the molecule is COC(=O)C1=C(C)N=c2sc(=Cc3cccc([N+](=O)[O-])c3)c(=O)n2C1c1ccccc1[N+](=O)[O-]. The molecule has 172 valence electrons. The number of hydrogen-bond donors (Lipinski definition) is 0. The second-order valence-corrected chi connectivity index (χ2v) is 8.25. The molecule has 0 bridgehead atoms. The van der Waals surface area contributed by atoms with Gasteiger partial charge in [-0.25, -0.2) is 9.79 Å². The van der Waals surface area contributed by atoms with Gasteiger partial charge in [-0.15, -0.1) is 0 Å². The van der Waals surface area contributed by atoms with Crippen LogP contribution in [0.4, 0.5) is 11.4 Å². The average molecular weight is 480 g/mol. The number of hydrogen-bond acceptors (Lipinski definition) is 9. The Labute approximate surface area is 194 Å². The predicted octanol–water partition coefficient (Wildman–Crippen LogP) is 2.22. The van der Waals surface area contributed by atoms with Crippen LogP contribution in [-0.2, 0) is 9.53 Å². The van der Waals surface area contributed by atoms with E-state index in [4.69, 9.17) is 4.74 Å². The summed E-state index contributed by atoms with van der Waals surface area (Å²) >= 11 is 1.01. The van der Waals surface area contributed by atoms with Crippen LogP contribution in [0.15, 0.2) is 69.6 Å². The van der Waals surface area contributed by atoms with Gasteiger partial charge in [-0.2, -0.15) is 0 Å². The molecule has 1 aliphatic heterocycles. The lowest BCUT2D eigenvalue weighted by Crippen LogP contribution is -2.40. The lowest BCUT2D eigenvalue weighted by molar-refractivity contribution is -0.385. The molecule has 3 aromatic rings. The fraction of sp³-hybridized carbons (Fsp3) is 0.136. The van der Waals surface area contributed by atoms with Crippen molar-refractivity contribution in [3.8, 4) is 0 Å². The molecule has 0 N–H and O–H groups in total. The van der Waals surface area contributed by atoms with Gasteiger partial charge in [0.2, 0.25) is 0 Å². The van der Waals surface area contributed by atoms with Crippen LogP contribution < -0.4 is 14.9 Å². The molecule has 2 aromatic carbocycles. The van der Waals surface area contributed by atoms with Gasteiger partial charge in [0.25, 0.3) is 16.9 Å². The standard InChI is InChI=1S/C22H16N4O7S/c1-12-18(21(28)33-2)19(15-8-3-4-9-16(15)26(31)32)24-20(27)17(34-22(24)23-12)11-13-6-5-7-14(10-13)25(29)30/h3-11,19H,1-2H3. The second-order valence-electron chi connectivity index (χ2n) is 7.24. The number of fused-ring (bicyclic) bond motifs is 1. The van der Waals surface area contributed by atoms with Gasteiger partial charge in [0.1, 0.15) is 6.04 Å². The molecular formula is C22H16N4O7S. The number of nitro benzene ring substituents is 2. The van der Waals surface area contributed by atoms with E-state index in [-0.39, 0.29) is 37.5 Å². The topological polar surface area (TPSA) is 147 Å². The van der Waals surface area contributed by atoms with E-state index in [1.165, 1.54) is 54.2 Å². The van der Waals surface area contributed by atoms with Crippen LogP contribution in [-0.4, -0.2) is 27.5 Å². The van der Waals surface area contributed by atoms with Gasteiger partial charge in [-0.1, -0.05) is 35.6 Å². The number of thiazole rings is 1. The Morgan fingerprint density at radius 2 is 1.88 bits per heavy atom. The van der Waals surface area contributed by atoms with Crippen LogP contribution in [0.5, 0.6) is 0 Å². The fourth-order valence-corrected chi connectivity index (χ4v) is 4.80. The molecule has 0 spiro atoms. The number of aromatic nitrogens is 1. The van der Waals surface area contributed by atoms with Gasteiger partial charge in [-0.05, 0) is 24.6 Å². The first-order chi connectivity index (χ1) is 16.2. The molecule has 11 nitrogen and oxygen atoms in total. The fourth-order valence-electron chi connectivity index (χ4n) is 3.75. The number of carbonyl (C=O) groups is 1. The zero-order chi connectivity index (χ0) is 24.6. The summed E-state index contributed by atoms with van der Waals surface area (Å²) in [4.78, 5) is 52.4. The summed E-state index contributed by atoms with van der Waals surface area (Å²) < 4.78 is 6.31. The summed E-state index contributed by atoms with van der Waals surface area (Å²) in [5, 5.41) is 22.8. The van der Waals surface area contributed by atoms with Gasteiger partial charge in [0.05, 0.1) is 38.3 Å². The molecular weight excluding hydrogens is 464 g/mol. The smallest absolute Gasteiger partial charge is 0.338 e. The molecule has 0 saturated heterocycles. The van der Waals surface area contributed by atoms with E-state index in [9.17, 15) is 29.8 Å². The van der Waals surface area contributed by atoms with E-state index in [0.29, 0.717) is 5.56 Å². The zero-order valence-electron chi connectivity index (χ0n) is 17.8. The van der Waals surface area contributed by atoms with E-state index < -0.39 is 27.4 Å². The van der Waals surface area contributed by atoms with Crippen LogP contribution >= 0.6 is 11.3 Å². The van der Waals surface area contributed by atoms with Crippen LogP contribution in [0.25, 0.3) is 6.08 Å². The van der Waals surface area contributed by atoms with Crippen molar-refractivity contribution in [3.05, 3.63) is 111 Å². The first-order valence-corrected chi connectivity index (χ1v) is 10.6. The lowest BCUT2D eigenvalue weighted by atomic mass is 9.94. The highest BCUT2D eigenvalue weighted by Crippen LogP contribution is 2.35. The van der Waals surface area contributed by atoms with Crippen LogP contribution in [0.2, 0.25) is 0 Å². The summed E-state index contributed by atoms with van der Waals surface area (Å²) in [6.45, 7) is 1.56. The van der Waals surface area contributed by atoms with E-state index in [2.05, 4.69) is 4.99 Å². The van der Waals surface area contributed by atoms with Gasteiger partial charge >= 0.3 is 5.97 Å². The van der Waals surface area contributed by atoms with Crippen molar-refractivity contribution in [3.63, 3.8) is 0 Å². The number of benzene rings is 2. The minimum atomic E-state index is -1.14. The number of methoxy groups -OCH3 is 1. The predicted molar refractivity (Wildman–Crippen MR) is 122 cm³/mol. The van der Waals surface area contributed by atoms with Crippen molar-refractivity contribution in [1.82, 2.24) is 4.57 Å². The third-order valence-corrected chi connectivity index (χ3v) is 6.22. The van der Waals surface area contributed by atoms with Gasteiger partial charge in [0, 0.05) is 18.2 Å². The molecule has 1 aromatic heterocycles. The molecule has 2 heterocycles. The summed E-state index contributed by atoms with van der Waals surface area (Å²) in [6.07, 6.45) is 1.48. The van der Waals surface area contributed by atoms with E-state index in [0.717, 1.165) is 11.3 Å². The minimum absolute atomic E-state index is 0.00565. The molecule has 0 amide bonds. The van der Waals surface area contributed by atoms with Crippen molar-refractivity contribution in [2.24, 2.45) is 4.99 Å². The van der Waals surface area contributed by atoms with Crippen LogP contribution in [0, 0.1) is 20.2 Å². The van der Waals surface area contributed by atoms with Gasteiger partial charge < -0.3 is 4.74 Å². The molecule has 12 heteroatoms. The molecule has 0 aliphatic carbocycles. The Hall–Kier alpha value is -4.45. The highest BCUT2D eigenvalue weighted by Gasteiger charge is 2.36. The molecule has 0 fully saturated rings. The maximum Gasteiger partial charge on any atom is 0.338 e. The summed E-state index contributed by atoms with van der Waals surface area (Å²) in [5.41, 5.74) is -0.132. The van der Waals surface area contributed by atoms with Crippen molar-refractivity contribution in [1.29, 1.82) is 0 Å². The highest BCUT2D eigenvalue weighted by molar-refractivity contribution is 7.07. The summed E-state index contributed by atoms with van der Waals surface area (Å²) in [5.74, 6) is -0.766. The highest BCUT2D eigenvalue weighted by atomic mass is 32.1. The lowest BCUT2D eigenvalue weighted by Gasteiger charge is -2.24. The summed E-state index contributed by atoms with van der Waals surface area (Å²) in [7, 11) is 1.17. The van der Waals surface area contributed by atoms with Crippen LogP contribution in [0.3, 0.4) is 0 Å². The molecule has 0 saturated carbocycles. The maximum atomic E-state index is 13.5. The molecule has 1 unspecified atom stereocenters. The number of para-hydroxylation sites is 1. The van der Waals surface area contributed by atoms with Crippen molar-refractivity contribution >= 4 is 34.8 Å². The third kappa shape index (κ3) is 3.90.